The van der Waals surface area contributed by atoms with Gasteiger partial charge in [0.2, 0.25) is 0 Å². The maximum atomic E-state index is 13.3. The molecule has 0 radical (unpaired) electrons. The Kier molecular flexibility index (Phi) is 7.60. The van der Waals surface area contributed by atoms with Crippen molar-refractivity contribution < 1.29 is 18.0 Å². The zero-order valence-corrected chi connectivity index (χ0v) is 24.0. The summed E-state index contributed by atoms with van der Waals surface area (Å²) in [5.74, 6) is 1.16. The highest BCUT2D eigenvalue weighted by molar-refractivity contribution is 5.94. The van der Waals surface area contributed by atoms with Crippen LogP contribution >= 0.6 is 0 Å². The molecule has 1 amide bonds. The Morgan fingerprint density at radius 3 is 2.26 bits per heavy atom. The monoisotopic (exact) mass is 584 g/mol. The lowest BCUT2D eigenvalue weighted by atomic mass is 10.1. The fourth-order valence-corrected chi connectivity index (χ4v) is 5.47. The minimum Gasteiger partial charge on any atom is -0.354 e. The molecule has 10 heteroatoms. The number of benzene rings is 3. The normalized spacial score (nSPS) is 14.3. The van der Waals surface area contributed by atoms with E-state index in [1.54, 1.807) is 4.90 Å². The zero-order chi connectivity index (χ0) is 30.1. The first-order chi connectivity index (χ1) is 20.7. The molecule has 1 aliphatic heterocycles. The van der Waals surface area contributed by atoms with Crippen LogP contribution in [0, 0.1) is 13.8 Å². The van der Waals surface area contributed by atoms with E-state index >= 15 is 0 Å². The Hall–Kier alpha value is -4.73. The summed E-state index contributed by atoms with van der Waals surface area (Å²) in [7, 11) is 0. The summed E-state index contributed by atoms with van der Waals surface area (Å²) < 4.78 is 40.9. The topological polar surface area (TPSA) is 67.2 Å². The van der Waals surface area contributed by atoms with E-state index in [-0.39, 0.29) is 11.5 Å². The molecule has 43 heavy (non-hydrogen) atoms. The van der Waals surface area contributed by atoms with Crippen LogP contribution in [0.3, 0.4) is 0 Å². The van der Waals surface area contributed by atoms with Gasteiger partial charge < -0.3 is 9.80 Å². The average molecular weight is 585 g/mol. The Bertz CT molecular complexity index is 1750. The minimum absolute atomic E-state index is 0.242. The van der Waals surface area contributed by atoms with E-state index < -0.39 is 11.7 Å². The van der Waals surface area contributed by atoms with Crippen molar-refractivity contribution in [1.82, 2.24) is 24.6 Å². The van der Waals surface area contributed by atoms with Gasteiger partial charge in [-0.15, -0.1) is 0 Å². The van der Waals surface area contributed by atoms with Gasteiger partial charge >= 0.3 is 6.18 Å². The summed E-state index contributed by atoms with van der Waals surface area (Å²) >= 11 is 0. The molecule has 0 N–H and O–H groups in total. The number of para-hydroxylation sites is 1. The van der Waals surface area contributed by atoms with E-state index in [0.29, 0.717) is 44.8 Å². The molecule has 0 unspecified atom stereocenters. The molecule has 1 aliphatic rings. The van der Waals surface area contributed by atoms with Gasteiger partial charge in [-0.05, 0) is 62.2 Å². The summed E-state index contributed by atoms with van der Waals surface area (Å²) in [6.45, 7) is 6.07. The lowest BCUT2D eigenvalue weighted by molar-refractivity contribution is -0.137. The van der Waals surface area contributed by atoms with Crippen molar-refractivity contribution in [2.24, 2.45) is 0 Å². The van der Waals surface area contributed by atoms with E-state index in [2.05, 4.69) is 36.1 Å². The number of anilines is 1. The van der Waals surface area contributed by atoms with Crippen molar-refractivity contribution in [1.29, 1.82) is 0 Å². The quantitative estimate of drug-likeness (QED) is 0.239. The second-order valence-electron chi connectivity index (χ2n) is 10.9. The van der Waals surface area contributed by atoms with Crippen LogP contribution in [0.25, 0.3) is 16.7 Å². The predicted octanol–water partition coefficient (Wildman–Crippen LogP) is 6.39. The number of carbonyl (C=O) groups is 1. The maximum Gasteiger partial charge on any atom is 0.416 e. The molecule has 0 aliphatic carbocycles. The molecule has 3 heterocycles. The Morgan fingerprint density at radius 2 is 1.56 bits per heavy atom. The number of aromatic nitrogens is 4. The van der Waals surface area contributed by atoms with E-state index in [1.807, 2.05) is 41.9 Å². The van der Waals surface area contributed by atoms with Gasteiger partial charge in [0.15, 0.2) is 5.65 Å². The van der Waals surface area contributed by atoms with Crippen molar-refractivity contribution in [3.8, 4) is 5.69 Å². The zero-order valence-electron chi connectivity index (χ0n) is 24.0. The number of carbonyl (C=O) groups excluding carboxylic acids is 1. The fourth-order valence-electron chi connectivity index (χ4n) is 5.47. The van der Waals surface area contributed by atoms with Crippen LogP contribution in [0.2, 0.25) is 0 Å². The fraction of sp³-hybridized carbons (Fsp3) is 0.273. The lowest BCUT2D eigenvalue weighted by Crippen LogP contribution is -2.35. The number of nitrogens with zero attached hydrogens (tertiary/aromatic N) is 6. The van der Waals surface area contributed by atoms with Crippen LogP contribution in [-0.2, 0) is 12.6 Å². The first-order valence-corrected chi connectivity index (χ1v) is 14.3. The molecular weight excluding hydrogens is 553 g/mol. The van der Waals surface area contributed by atoms with Crippen LogP contribution in [0.4, 0.5) is 19.0 Å². The van der Waals surface area contributed by atoms with Crippen molar-refractivity contribution >= 4 is 22.8 Å². The van der Waals surface area contributed by atoms with Crippen LogP contribution in [0.5, 0.6) is 0 Å². The van der Waals surface area contributed by atoms with E-state index in [9.17, 15) is 18.0 Å². The summed E-state index contributed by atoms with van der Waals surface area (Å²) in [6, 6.07) is 22.6. The summed E-state index contributed by atoms with van der Waals surface area (Å²) in [5, 5.41) is 5.71. The van der Waals surface area contributed by atoms with Crippen LogP contribution in [0.15, 0.2) is 78.9 Å². The Morgan fingerprint density at radius 1 is 0.837 bits per heavy atom. The highest BCUT2D eigenvalue weighted by Gasteiger charge is 2.31. The number of hydrogen-bond donors (Lipinski definition) is 0. The molecule has 220 valence electrons. The molecule has 0 spiro atoms. The third-order valence-corrected chi connectivity index (χ3v) is 7.75. The van der Waals surface area contributed by atoms with Crippen molar-refractivity contribution in [2.75, 3.05) is 31.1 Å². The van der Waals surface area contributed by atoms with Gasteiger partial charge in [0, 0.05) is 38.2 Å². The number of amides is 1. The van der Waals surface area contributed by atoms with Crippen LogP contribution in [0.1, 0.15) is 45.0 Å². The standard InChI is InChI=1S/C33H31F3N6O/c1-22-9-11-24(12-10-22)21-28-37-30(29-23(2)39-42(31(29)38-28)27-7-4-3-5-8-27)40-17-6-18-41(20-19-40)32(43)25-13-15-26(16-14-25)33(34,35)36/h3-5,7-16H,6,17-21H2,1-2H3. The molecule has 2 aromatic heterocycles. The third-order valence-electron chi connectivity index (χ3n) is 7.75. The third kappa shape index (κ3) is 5.95. The average Bonchev–Trinajstić information content (AvgIpc) is 3.16. The van der Waals surface area contributed by atoms with Gasteiger partial charge in [-0.25, -0.2) is 14.6 Å². The Labute approximate surface area is 247 Å². The number of hydrogen-bond acceptors (Lipinski definition) is 5. The summed E-state index contributed by atoms with van der Waals surface area (Å²) in [6.07, 6.45) is -3.22. The SMILES string of the molecule is Cc1ccc(Cc2nc(N3CCCN(C(=O)c4ccc(C(F)(F)F)cc4)CC3)c3c(C)nn(-c4ccccc4)c3n2)cc1. The summed E-state index contributed by atoms with van der Waals surface area (Å²) in [4.78, 5) is 27.2. The molecule has 1 saturated heterocycles. The van der Waals surface area contributed by atoms with Gasteiger partial charge in [0.1, 0.15) is 11.6 Å². The van der Waals surface area contributed by atoms with Crippen molar-refractivity contribution in [3.63, 3.8) is 0 Å². The highest BCUT2D eigenvalue weighted by Crippen LogP contribution is 2.31. The molecule has 1 fully saturated rings. The molecular formula is C33H31F3N6O. The van der Waals surface area contributed by atoms with Gasteiger partial charge in [-0.3, -0.25) is 4.79 Å². The molecule has 3 aromatic carbocycles. The van der Waals surface area contributed by atoms with E-state index in [1.165, 1.54) is 17.7 Å². The second kappa shape index (κ2) is 11.5. The minimum atomic E-state index is -4.45. The number of rotatable bonds is 5. The second-order valence-corrected chi connectivity index (χ2v) is 10.9. The smallest absolute Gasteiger partial charge is 0.354 e. The van der Waals surface area contributed by atoms with Gasteiger partial charge in [-0.1, -0.05) is 48.0 Å². The van der Waals surface area contributed by atoms with E-state index in [4.69, 9.17) is 15.1 Å². The predicted molar refractivity (Wildman–Crippen MR) is 160 cm³/mol. The van der Waals surface area contributed by atoms with Crippen LogP contribution < -0.4 is 4.90 Å². The summed E-state index contributed by atoms with van der Waals surface area (Å²) in [5.41, 5.74) is 4.17. The van der Waals surface area contributed by atoms with Gasteiger partial charge in [-0.2, -0.15) is 18.3 Å². The van der Waals surface area contributed by atoms with Crippen molar-refractivity contribution in [3.05, 3.63) is 113 Å². The number of fused-ring (bicyclic) bond motifs is 1. The Balaban J connectivity index is 1.33. The van der Waals surface area contributed by atoms with Gasteiger partial charge in [0.25, 0.3) is 5.91 Å². The molecule has 7 nitrogen and oxygen atoms in total. The highest BCUT2D eigenvalue weighted by atomic mass is 19.4. The van der Waals surface area contributed by atoms with Crippen molar-refractivity contribution in [2.45, 2.75) is 32.9 Å². The molecule has 0 saturated carbocycles. The first-order valence-electron chi connectivity index (χ1n) is 14.3. The molecule has 0 atom stereocenters. The van der Waals surface area contributed by atoms with Gasteiger partial charge in [0.05, 0.1) is 22.3 Å². The number of halogens is 3. The molecule has 0 bridgehead atoms. The largest absolute Gasteiger partial charge is 0.416 e. The first kappa shape index (κ1) is 28.4. The number of alkyl halides is 3. The maximum absolute atomic E-state index is 13.3. The lowest BCUT2D eigenvalue weighted by Gasteiger charge is -2.24. The van der Waals surface area contributed by atoms with Crippen LogP contribution in [-0.4, -0.2) is 56.7 Å². The molecule has 6 rings (SSSR count). The van der Waals surface area contributed by atoms with E-state index in [0.717, 1.165) is 45.9 Å². The number of aryl methyl sites for hydroxylation is 2. The molecule has 5 aromatic rings.